The number of hydrogen-bond donors (Lipinski definition) is 3. The Hall–Kier alpha value is -3.07. The Bertz CT molecular complexity index is 1160. The molecule has 0 spiro atoms. The Morgan fingerprint density at radius 1 is 1.22 bits per heavy atom. The fraction of sp³-hybridized carbons (Fsp3) is 0.364. The van der Waals surface area contributed by atoms with Crippen molar-refractivity contribution in [3.8, 4) is 0 Å². The predicted octanol–water partition coefficient (Wildman–Crippen LogP) is -4.57. The number of hydrogen-bond acceptors (Lipinski definition) is 9. The van der Waals surface area contributed by atoms with Gasteiger partial charge in [-0.25, -0.2) is 14.5 Å². The zero-order chi connectivity index (χ0) is 26.0. The number of carboxylic acid groups (broad SMARTS) is 1. The number of esters is 1. The van der Waals surface area contributed by atoms with E-state index >= 15 is 0 Å². The summed E-state index contributed by atoms with van der Waals surface area (Å²) in [5, 5.41) is 18.6. The zero-order valence-electron chi connectivity index (χ0n) is 20.0. The second-order valence-electron chi connectivity index (χ2n) is 8.09. The van der Waals surface area contributed by atoms with Gasteiger partial charge in [0.1, 0.15) is 24.1 Å². The van der Waals surface area contributed by atoms with Gasteiger partial charge in [-0.15, -0.1) is 11.8 Å². The van der Waals surface area contributed by atoms with Crippen molar-refractivity contribution < 1.29 is 68.2 Å². The van der Waals surface area contributed by atoms with Crippen LogP contribution < -0.4 is 50.6 Å². The van der Waals surface area contributed by atoms with Gasteiger partial charge in [0.05, 0.1) is 11.7 Å². The number of nitrogens with one attached hydrogen (secondary N) is 3. The monoisotopic (exact) mass is 539 g/mol. The van der Waals surface area contributed by atoms with Crippen LogP contribution in [0, 0.1) is 0 Å². The van der Waals surface area contributed by atoms with Crippen LogP contribution in [0.25, 0.3) is 0 Å². The standard InChI is InChI=1S/C22H23N5O8S.Na/c1-11(28)35-9-13-10-36-19-15(18(30)27(19)16(13)20(31)32)24-17(29)14(12-5-3-2-4-6-12)25-22(34)26-8-7-23-21(26)33;/h2-6,14-15,19H,7-10H2,1H3,(H,23,33)(H,24,29)(H,25,34)(H,31,32);/q;+1/p-1/t14-,15?,19-;/m1./s1. The molecule has 0 radical (unpaired) electrons. The minimum Gasteiger partial charge on any atom is -0.543 e. The molecule has 2 saturated heterocycles. The average molecular weight is 540 g/mol. The number of carbonyl (C=O) groups is 6. The Morgan fingerprint density at radius 2 is 1.92 bits per heavy atom. The molecule has 3 N–H and O–H groups in total. The molecular weight excluding hydrogens is 517 g/mol. The van der Waals surface area contributed by atoms with E-state index in [2.05, 4.69) is 16.0 Å². The third-order valence-electron chi connectivity index (χ3n) is 5.75. The van der Waals surface area contributed by atoms with Crippen molar-refractivity contribution in [2.45, 2.75) is 24.4 Å². The van der Waals surface area contributed by atoms with E-state index in [0.29, 0.717) is 5.56 Å². The molecular formula is C22H22N5NaO8S. The Balaban J connectivity index is 0.00000380. The molecule has 13 nitrogen and oxygen atoms in total. The molecule has 3 atom stereocenters. The molecule has 1 aromatic carbocycles. The van der Waals surface area contributed by atoms with Gasteiger partial charge < -0.3 is 30.6 Å². The average Bonchev–Trinajstić information content (AvgIpc) is 3.29. The molecule has 0 aliphatic carbocycles. The molecule has 4 rings (SSSR count). The number of carbonyl (C=O) groups excluding carboxylic acids is 6. The van der Waals surface area contributed by atoms with Crippen LogP contribution in [-0.2, 0) is 23.9 Å². The largest absolute Gasteiger partial charge is 1.00 e. The van der Waals surface area contributed by atoms with Crippen LogP contribution >= 0.6 is 11.8 Å². The summed E-state index contributed by atoms with van der Waals surface area (Å²) in [5.74, 6) is -3.46. The van der Waals surface area contributed by atoms with Gasteiger partial charge in [-0.2, -0.15) is 0 Å². The second kappa shape index (κ2) is 12.0. The molecule has 6 amide bonds. The number of nitrogens with zero attached hydrogens (tertiary/aromatic N) is 2. The topological polar surface area (TPSA) is 177 Å². The third-order valence-corrected chi connectivity index (χ3v) is 7.09. The summed E-state index contributed by atoms with van der Waals surface area (Å²) >= 11 is 1.19. The minimum absolute atomic E-state index is 0. The normalized spacial score (nSPS) is 21.1. The van der Waals surface area contributed by atoms with Crippen molar-refractivity contribution in [3.63, 3.8) is 0 Å². The number of rotatable bonds is 7. The van der Waals surface area contributed by atoms with Crippen molar-refractivity contribution in [2.24, 2.45) is 0 Å². The summed E-state index contributed by atoms with van der Waals surface area (Å²) in [6.45, 7) is 1.30. The van der Waals surface area contributed by atoms with Gasteiger partial charge in [-0.05, 0) is 5.56 Å². The maximum atomic E-state index is 13.2. The predicted molar refractivity (Wildman–Crippen MR) is 122 cm³/mol. The van der Waals surface area contributed by atoms with E-state index in [0.717, 1.165) is 9.80 Å². The summed E-state index contributed by atoms with van der Waals surface area (Å²) in [5.41, 5.74) is 0.244. The van der Waals surface area contributed by atoms with Crippen LogP contribution in [0.15, 0.2) is 41.6 Å². The maximum Gasteiger partial charge on any atom is 1.00 e. The smallest absolute Gasteiger partial charge is 0.543 e. The Morgan fingerprint density at radius 3 is 2.51 bits per heavy atom. The number of thioether (sulfide) groups is 1. The number of aliphatic carboxylic acids is 1. The van der Waals surface area contributed by atoms with Gasteiger partial charge in [0.15, 0.2) is 0 Å². The third kappa shape index (κ3) is 5.92. The number of carboxylic acids is 1. The first-order valence-electron chi connectivity index (χ1n) is 10.9. The molecule has 1 unspecified atom stereocenters. The van der Waals surface area contributed by atoms with E-state index in [1.165, 1.54) is 18.7 Å². The maximum absolute atomic E-state index is 13.2. The van der Waals surface area contributed by atoms with Gasteiger partial charge in [0, 0.05) is 31.3 Å². The van der Waals surface area contributed by atoms with Crippen LogP contribution in [0.5, 0.6) is 0 Å². The molecule has 37 heavy (non-hydrogen) atoms. The number of benzene rings is 1. The van der Waals surface area contributed by atoms with Crippen LogP contribution in [0.2, 0.25) is 0 Å². The summed E-state index contributed by atoms with van der Waals surface area (Å²) in [7, 11) is 0. The molecule has 0 saturated carbocycles. The molecule has 15 heteroatoms. The molecule has 1 aromatic rings. The Labute approximate surface area is 237 Å². The van der Waals surface area contributed by atoms with E-state index in [-0.39, 0.29) is 66.3 Å². The van der Waals surface area contributed by atoms with E-state index in [4.69, 9.17) is 4.74 Å². The van der Waals surface area contributed by atoms with Crippen molar-refractivity contribution in [2.75, 3.05) is 25.4 Å². The fourth-order valence-electron chi connectivity index (χ4n) is 4.02. The number of imide groups is 1. The fourth-order valence-corrected chi connectivity index (χ4v) is 5.35. The van der Waals surface area contributed by atoms with Crippen molar-refractivity contribution in [1.82, 2.24) is 25.8 Å². The molecule has 190 valence electrons. The van der Waals surface area contributed by atoms with Crippen molar-refractivity contribution >= 4 is 47.6 Å². The first-order valence-corrected chi connectivity index (χ1v) is 12.0. The van der Waals surface area contributed by atoms with Gasteiger partial charge >= 0.3 is 47.6 Å². The minimum atomic E-state index is -1.60. The van der Waals surface area contributed by atoms with Crippen LogP contribution in [-0.4, -0.2) is 82.5 Å². The quantitative estimate of drug-likeness (QED) is 0.175. The van der Waals surface area contributed by atoms with E-state index in [1.807, 2.05) is 0 Å². The molecule has 3 aliphatic rings. The van der Waals surface area contributed by atoms with Crippen LogP contribution in [0.3, 0.4) is 0 Å². The van der Waals surface area contributed by atoms with Crippen molar-refractivity contribution in [1.29, 1.82) is 0 Å². The van der Waals surface area contributed by atoms with Crippen LogP contribution in [0.1, 0.15) is 18.5 Å². The first kappa shape index (κ1) is 28.5. The van der Waals surface area contributed by atoms with Gasteiger partial charge in [0.25, 0.3) is 5.91 Å². The van der Waals surface area contributed by atoms with Gasteiger partial charge in [0.2, 0.25) is 5.91 Å². The molecule has 2 fully saturated rings. The van der Waals surface area contributed by atoms with Crippen LogP contribution in [0.4, 0.5) is 9.59 Å². The molecule has 0 bridgehead atoms. The van der Waals surface area contributed by atoms with Crippen molar-refractivity contribution in [3.05, 3.63) is 47.2 Å². The van der Waals surface area contributed by atoms with Gasteiger partial charge in [-0.3, -0.25) is 19.3 Å². The first-order chi connectivity index (χ1) is 17.2. The molecule has 3 heterocycles. The van der Waals surface area contributed by atoms with Gasteiger partial charge in [-0.1, -0.05) is 30.3 Å². The number of amides is 6. The van der Waals surface area contributed by atoms with E-state index in [9.17, 15) is 33.9 Å². The number of fused-ring (bicyclic) bond motifs is 1. The summed E-state index contributed by atoms with van der Waals surface area (Å²) in [6.07, 6.45) is 0. The number of β-lactam (4-membered cyclic amide) rings is 1. The van der Waals surface area contributed by atoms with E-state index in [1.54, 1.807) is 30.3 Å². The number of ether oxygens (including phenoxy) is 1. The Kier molecular flexibility index (Phi) is 9.23. The molecule has 0 aromatic heterocycles. The second-order valence-corrected chi connectivity index (χ2v) is 9.20. The zero-order valence-corrected chi connectivity index (χ0v) is 22.8. The SMILES string of the molecule is CC(=O)OCC1=C(C(=O)[O-])N2C(=O)C(NC(=O)[C@H](NC(=O)N3CCNC3=O)c3ccccc3)[C@H]2SC1.[Na+]. The molecule has 3 aliphatic heterocycles. The summed E-state index contributed by atoms with van der Waals surface area (Å²) in [4.78, 5) is 75.4. The summed E-state index contributed by atoms with van der Waals surface area (Å²) < 4.78 is 4.88. The van der Waals surface area contributed by atoms with E-state index < -0.39 is 53.3 Å². The number of urea groups is 2. The summed E-state index contributed by atoms with van der Waals surface area (Å²) in [6, 6.07) is 4.62.